The minimum Gasteiger partial charge on any atom is -0.479 e. The van der Waals surface area contributed by atoms with Crippen molar-refractivity contribution in [3.63, 3.8) is 0 Å². The number of hydrogen-bond acceptors (Lipinski definition) is 3. The Morgan fingerprint density at radius 1 is 1.12 bits per heavy atom. The van der Waals surface area contributed by atoms with Crippen LogP contribution < -0.4 is 9.64 Å². The maximum absolute atomic E-state index is 13.1. The van der Waals surface area contributed by atoms with Crippen molar-refractivity contribution >= 4 is 17.5 Å². The number of carbonyl (C=O) groups is 2. The Morgan fingerprint density at radius 3 is 2.65 bits per heavy atom. The van der Waals surface area contributed by atoms with Crippen molar-refractivity contribution in [1.82, 2.24) is 4.90 Å². The van der Waals surface area contributed by atoms with E-state index in [0.29, 0.717) is 11.4 Å². The first-order valence-electron chi connectivity index (χ1n) is 9.06. The fourth-order valence-corrected chi connectivity index (χ4v) is 3.83. The summed E-state index contributed by atoms with van der Waals surface area (Å²) < 4.78 is 5.66. The number of carbonyl (C=O) groups excluding carboxylic acids is 2. The molecule has 5 heteroatoms. The van der Waals surface area contributed by atoms with E-state index in [1.54, 1.807) is 11.8 Å². The Hall–Kier alpha value is -2.82. The highest BCUT2D eigenvalue weighted by atomic mass is 16.5. The maximum Gasteiger partial charge on any atom is 0.268 e. The molecule has 0 bridgehead atoms. The Labute approximate surface area is 153 Å². The molecule has 2 aromatic carbocycles. The molecule has 5 nitrogen and oxygen atoms in total. The van der Waals surface area contributed by atoms with E-state index < -0.39 is 6.10 Å². The molecule has 2 aliphatic heterocycles. The fourth-order valence-electron chi connectivity index (χ4n) is 3.83. The zero-order valence-corrected chi connectivity index (χ0v) is 14.8. The van der Waals surface area contributed by atoms with Gasteiger partial charge in [0.15, 0.2) is 6.10 Å². The summed E-state index contributed by atoms with van der Waals surface area (Å²) in [7, 11) is 0. The first-order valence-corrected chi connectivity index (χ1v) is 9.06. The summed E-state index contributed by atoms with van der Waals surface area (Å²) in [5, 5.41) is 0. The SMILES string of the molecule is C[C@@H]1Oc2ccccc2N(CC(=O)N2CCC[C@@H]2c2ccccc2)C1=O. The zero-order valence-electron chi connectivity index (χ0n) is 14.8. The maximum atomic E-state index is 13.1. The smallest absolute Gasteiger partial charge is 0.268 e. The molecule has 134 valence electrons. The van der Waals surface area contributed by atoms with Gasteiger partial charge in [0.2, 0.25) is 5.91 Å². The van der Waals surface area contributed by atoms with Crippen LogP contribution in [0.4, 0.5) is 5.69 Å². The quantitative estimate of drug-likeness (QED) is 0.854. The fraction of sp³-hybridized carbons (Fsp3) is 0.333. The Kier molecular flexibility index (Phi) is 4.37. The lowest BCUT2D eigenvalue weighted by molar-refractivity contribution is -0.133. The molecule has 2 aromatic rings. The van der Waals surface area contributed by atoms with E-state index in [1.807, 2.05) is 47.4 Å². The lowest BCUT2D eigenvalue weighted by Gasteiger charge is -2.34. The van der Waals surface area contributed by atoms with Gasteiger partial charge in [0, 0.05) is 6.54 Å². The van der Waals surface area contributed by atoms with Crippen molar-refractivity contribution in [2.45, 2.75) is 31.9 Å². The van der Waals surface area contributed by atoms with Crippen LogP contribution in [0.5, 0.6) is 5.75 Å². The largest absolute Gasteiger partial charge is 0.479 e. The van der Waals surface area contributed by atoms with E-state index in [9.17, 15) is 9.59 Å². The van der Waals surface area contributed by atoms with Gasteiger partial charge in [-0.1, -0.05) is 42.5 Å². The standard InChI is InChI=1S/C21H22N2O3/c1-15-21(25)23(18-10-5-6-12-19(18)26-15)14-20(24)22-13-7-11-17(22)16-8-3-2-4-9-16/h2-6,8-10,12,15,17H,7,11,13-14H2,1H3/t15-,17+/m0/s1. The van der Waals surface area contributed by atoms with E-state index in [0.717, 1.165) is 24.9 Å². The van der Waals surface area contributed by atoms with Crippen LogP contribution in [0.3, 0.4) is 0 Å². The molecule has 2 aliphatic rings. The van der Waals surface area contributed by atoms with Crippen molar-refractivity contribution in [3.05, 3.63) is 60.2 Å². The third-order valence-electron chi connectivity index (χ3n) is 5.12. The van der Waals surface area contributed by atoms with Gasteiger partial charge in [-0.2, -0.15) is 0 Å². The van der Waals surface area contributed by atoms with Crippen LogP contribution in [-0.2, 0) is 9.59 Å². The third-order valence-corrected chi connectivity index (χ3v) is 5.12. The van der Waals surface area contributed by atoms with Gasteiger partial charge in [-0.05, 0) is 37.5 Å². The van der Waals surface area contributed by atoms with Crippen LogP contribution in [0, 0.1) is 0 Å². The van der Waals surface area contributed by atoms with E-state index in [1.165, 1.54) is 0 Å². The highest BCUT2D eigenvalue weighted by molar-refractivity contribution is 6.03. The summed E-state index contributed by atoms with van der Waals surface area (Å²) in [5.74, 6) is 0.453. The molecule has 2 heterocycles. The second-order valence-corrected chi connectivity index (χ2v) is 6.81. The molecule has 0 spiro atoms. The third kappa shape index (κ3) is 2.94. The number of benzene rings is 2. The van der Waals surface area contributed by atoms with Gasteiger partial charge in [-0.25, -0.2) is 0 Å². The predicted octanol–water partition coefficient (Wildman–Crippen LogP) is 3.16. The minimum atomic E-state index is -0.582. The molecule has 4 rings (SSSR count). The van der Waals surface area contributed by atoms with E-state index in [4.69, 9.17) is 4.74 Å². The zero-order chi connectivity index (χ0) is 18.1. The molecule has 0 N–H and O–H groups in total. The van der Waals surface area contributed by atoms with Crippen molar-refractivity contribution in [1.29, 1.82) is 0 Å². The summed E-state index contributed by atoms with van der Waals surface area (Å²) in [6.45, 7) is 2.50. The minimum absolute atomic E-state index is 0.0198. The molecule has 0 radical (unpaired) electrons. The second-order valence-electron chi connectivity index (χ2n) is 6.81. The van der Waals surface area contributed by atoms with Gasteiger partial charge >= 0.3 is 0 Å². The molecule has 2 amide bonds. The van der Waals surface area contributed by atoms with Gasteiger partial charge < -0.3 is 9.64 Å². The monoisotopic (exact) mass is 350 g/mol. The normalized spacial score (nSPS) is 22.1. The number of para-hydroxylation sites is 2. The average molecular weight is 350 g/mol. The van der Waals surface area contributed by atoms with Gasteiger partial charge in [0.05, 0.1) is 11.7 Å². The molecule has 2 atom stereocenters. The molecule has 1 saturated heterocycles. The lowest BCUT2D eigenvalue weighted by atomic mass is 10.0. The first-order chi connectivity index (χ1) is 12.6. The first kappa shape index (κ1) is 16.6. The van der Waals surface area contributed by atoms with Crippen LogP contribution in [-0.4, -0.2) is 35.9 Å². The van der Waals surface area contributed by atoms with Gasteiger partial charge in [0.1, 0.15) is 12.3 Å². The number of hydrogen-bond donors (Lipinski definition) is 0. The number of fused-ring (bicyclic) bond motifs is 1. The number of likely N-dealkylation sites (tertiary alicyclic amines) is 1. The number of ether oxygens (including phenoxy) is 1. The lowest BCUT2D eigenvalue weighted by Crippen LogP contribution is -2.49. The van der Waals surface area contributed by atoms with Crippen LogP contribution in [0.2, 0.25) is 0 Å². The highest BCUT2D eigenvalue weighted by Crippen LogP contribution is 2.35. The van der Waals surface area contributed by atoms with Gasteiger partial charge in [-0.15, -0.1) is 0 Å². The van der Waals surface area contributed by atoms with Crippen LogP contribution in [0.15, 0.2) is 54.6 Å². The summed E-state index contributed by atoms with van der Waals surface area (Å²) in [6.07, 6.45) is 1.36. The second kappa shape index (κ2) is 6.83. The molecular weight excluding hydrogens is 328 g/mol. The number of amides is 2. The summed E-state index contributed by atoms with van der Waals surface area (Å²) >= 11 is 0. The Morgan fingerprint density at radius 2 is 1.85 bits per heavy atom. The predicted molar refractivity (Wildman–Crippen MR) is 99.0 cm³/mol. The van der Waals surface area contributed by atoms with E-state index in [-0.39, 0.29) is 24.4 Å². The summed E-state index contributed by atoms with van der Waals surface area (Å²) in [4.78, 5) is 29.1. The molecular formula is C21H22N2O3. The number of nitrogens with zero attached hydrogens (tertiary/aromatic N) is 2. The van der Waals surface area contributed by atoms with Crippen LogP contribution in [0.1, 0.15) is 31.4 Å². The number of anilines is 1. The summed E-state index contributed by atoms with van der Waals surface area (Å²) in [5.41, 5.74) is 1.82. The highest BCUT2D eigenvalue weighted by Gasteiger charge is 2.36. The topological polar surface area (TPSA) is 49.9 Å². The molecule has 0 aliphatic carbocycles. The van der Waals surface area contributed by atoms with Crippen LogP contribution in [0.25, 0.3) is 0 Å². The number of rotatable bonds is 3. The summed E-state index contributed by atoms with van der Waals surface area (Å²) in [6, 6.07) is 17.6. The van der Waals surface area contributed by atoms with Crippen molar-refractivity contribution < 1.29 is 14.3 Å². The molecule has 0 unspecified atom stereocenters. The average Bonchev–Trinajstić information content (AvgIpc) is 3.16. The van der Waals surface area contributed by atoms with Crippen molar-refractivity contribution in [2.75, 3.05) is 18.0 Å². The molecule has 26 heavy (non-hydrogen) atoms. The van der Waals surface area contributed by atoms with Gasteiger partial charge in [0.25, 0.3) is 5.91 Å². The van der Waals surface area contributed by atoms with Gasteiger partial charge in [-0.3, -0.25) is 14.5 Å². The Bertz CT molecular complexity index is 821. The van der Waals surface area contributed by atoms with Crippen molar-refractivity contribution in [3.8, 4) is 5.75 Å². The molecule has 0 saturated carbocycles. The molecule has 1 fully saturated rings. The van der Waals surface area contributed by atoms with E-state index in [2.05, 4.69) is 12.1 Å². The van der Waals surface area contributed by atoms with E-state index >= 15 is 0 Å². The van der Waals surface area contributed by atoms with Crippen molar-refractivity contribution in [2.24, 2.45) is 0 Å². The Balaban J connectivity index is 1.57. The molecule has 0 aromatic heterocycles. The van der Waals surface area contributed by atoms with Crippen LogP contribution >= 0.6 is 0 Å².